The summed E-state index contributed by atoms with van der Waals surface area (Å²) in [4.78, 5) is 18.7. The summed E-state index contributed by atoms with van der Waals surface area (Å²) in [5.41, 5.74) is 1.78. The zero-order valence-electron chi connectivity index (χ0n) is 15.1. The fourth-order valence-corrected chi connectivity index (χ4v) is 3.09. The van der Waals surface area contributed by atoms with Crippen LogP contribution < -0.4 is 10.1 Å². The molecule has 1 N–H and O–H groups in total. The summed E-state index contributed by atoms with van der Waals surface area (Å²) >= 11 is 0. The smallest absolute Gasteiger partial charge is 0.251 e. The molecule has 138 valence electrons. The lowest BCUT2D eigenvalue weighted by atomic mass is 10.0. The minimum absolute atomic E-state index is 0.0865. The summed E-state index contributed by atoms with van der Waals surface area (Å²) in [6.07, 6.45) is 3.25. The molecule has 1 saturated heterocycles. The van der Waals surface area contributed by atoms with Gasteiger partial charge in [-0.2, -0.15) is 0 Å². The van der Waals surface area contributed by atoms with Gasteiger partial charge in [0.1, 0.15) is 5.75 Å². The molecule has 0 saturated carbocycles. The van der Waals surface area contributed by atoms with Crippen LogP contribution in [0.4, 0.5) is 0 Å². The van der Waals surface area contributed by atoms with Crippen molar-refractivity contribution >= 4 is 5.91 Å². The average Bonchev–Trinajstić information content (AvgIpc) is 2.71. The Morgan fingerprint density at radius 3 is 2.54 bits per heavy atom. The van der Waals surface area contributed by atoms with Gasteiger partial charge in [0.2, 0.25) is 0 Å². The summed E-state index contributed by atoms with van der Waals surface area (Å²) in [5, 5.41) is 3.05. The van der Waals surface area contributed by atoms with Crippen LogP contribution in [0.1, 0.15) is 28.9 Å². The molecular formula is C20H25N3O3. The Morgan fingerprint density at radius 1 is 1.19 bits per heavy atom. The Hall–Kier alpha value is -2.44. The van der Waals surface area contributed by atoms with Crippen LogP contribution in [0.25, 0.3) is 0 Å². The maximum Gasteiger partial charge on any atom is 0.251 e. The molecule has 1 aromatic carbocycles. The van der Waals surface area contributed by atoms with E-state index in [9.17, 15) is 4.79 Å². The molecule has 6 nitrogen and oxygen atoms in total. The lowest BCUT2D eigenvalue weighted by molar-refractivity contribution is 0.0162. The van der Waals surface area contributed by atoms with E-state index in [-0.39, 0.29) is 11.9 Å². The van der Waals surface area contributed by atoms with E-state index in [1.165, 1.54) is 0 Å². The number of rotatable bonds is 7. The van der Waals surface area contributed by atoms with Crippen molar-refractivity contribution in [2.45, 2.75) is 13.0 Å². The first-order valence-electron chi connectivity index (χ1n) is 9.00. The van der Waals surface area contributed by atoms with Crippen LogP contribution in [0.3, 0.4) is 0 Å². The number of carbonyl (C=O) groups excluding carboxylic acids is 1. The molecule has 1 aliphatic rings. The van der Waals surface area contributed by atoms with Crippen molar-refractivity contribution in [3.05, 3.63) is 59.9 Å². The molecule has 0 radical (unpaired) electrons. The molecule has 0 spiro atoms. The van der Waals surface area contributed by atoms with Gasteiger partial charge in [-0.1, -0.05) is 12.1 Å². The average molecular weight is 355 g/mol. The molecule has 2 aromatic rings. The Kier molecular flexibility index (Phi) is 6.57. The highest BCUT2D eigenvalue weighted by molar-refractivity contribution is 5.93. The molecule has 6 heteroatoms. The Labute approximate surface area is 154 Å². The topological polar surface area (TPSA) is 63.7 Å². The van der Waals surface area contributed by atoms with Crippen LogP contribution in [0.2, 0.25) is 0 Å². The fourth-order valence-electron chi connectivity index (χ4n) is 3.09. The third kappa shape index (κ3) is 4.80. The first-order valence-corrected chi connectivity index (χ1v) is 9.00. The molecule has 1 amide bonds. The summed E-state index contributed by atoms with van der Waals surface area (Å²) in [5.74, 6) is 0.773. The van der Waals surface area contributed by atoms with E-state index in [1.54, 1.807) is 24.5 Å². The molecular weight excluding hydrogens is 330 g/mol. The van der Waals surface area contributed by atoms with Crippen molar-refractivity contribution in [3.8, 4) is 5.75 Å². The molecule has 1 atom stereocenters. The second-order valence-electron chi connectivity index (χ2n) is 6.11. The quantitative estimate of drug-likeness (QED) is 0.826. The van der Waals surface area contributed by atoms with Gasteiger partial charge < -0.3 is 14.8 Å². The van der Waals surface area contributed by atoms with Crippen LogP contribution >= 0.6 is 0 Å². The van der Waals surface area contributed by atoms with Gasteiger partial charge in [-0.3, -0.25) is 14.7 Å². The van der Waals surface area contributed by atoms with Crippen molar-refractivity contribution in [1.82, 2.24) is 15.2 Å². The van der Waals surface area contributed by atoms with Crippen LogP contribution in [0, 0.1) is 0 Å². The van der Waals surface area contributed by atoms with Crippen LogP contribution in [0.5, 0.6) is 5.75 Å². The van der Waals surface area contributed by atoms with Crippen molar-refractivity contribution in [2.24, 2.45) is 0 Å². The first-order chi connectivity index (χ1) is 12.8. The number of nitrogens with one attached hydrogen (secondary N) is 1. The van der Waals surface area contributed by atoms with Gasteiger partial charge in [-0.25, -0.2) is 0 Å². The fraction of sp³-hybridized carbons (Fsp3) is 0.400. The SMILES string of the molecule is CCOc1ccc(C(CNC(=O)c2ccncc2)N2CCOCC2)cc1. The number of nitrogens with zero attached hydrogens (tertiary/aromatic N) is 2. The molecule has 0 aliphatic carbocycles. The van der Waals surface area contributed by atoms with Gasteiger partial charge in [0, 0.05) is 37.6 Å². The van der Waals surface area contributed by atoms with Crippen molar-refractivity contribution in [3.63, 3.8) is 0 Å². The number of pyridine rings is 1. The number of ether oxygens (including phenoxy) is 2. The maximum atomic E-state index is 12.4. The van der Waals surface area contributed by atoms with Crippen molar-refractivity contribution in [1.29, 1.82) is 0 Å². The predicted molar refractivity (Wildman–Crippen MR) is 99.3 cm³/mol. The molecule has 1 aliphatic heterocycles. The molecule has 1 aromatic heterocycles. The largest absolute Gasteiger partial charge is 0.494 e. The Balaban J connectivity index is 1.71. The summed E-state index contributed by atoms with van der Waals surface area (Å²) < 4.78 is 11.0. The van der Waals surface area contributed by atoms with Crippen molar-refractivity contribution in [2.75, 3.05) is 39.5 Å². The van der Waals surface area contributed by atoms with Crippen molar-refractivity contribution < 1.29 is 14.3 Å². The highest BCUT2D eigenvalue weighted by Gasteiger charge is 2.23. The number of carbonyl (C=O) groups is 1. The first kappa shape index (κ1) is 18.4. The predicted octanol–water partition coefficient (Wildman–Crippen LogP) is 2.28. The van der Waals surface area contributed by atoms with Gasteiger partial charge in [0.05, 0.1) is 25.9 Å². The number of amides is 1. The minimum Gasteiger partial charge on any atom is -0.494 e. The molecule has 1 unspecified atom stereocenters. The molecule has 26 heavy (non-hydrogen) atoms. The summed E-state index contributed by atoms with van der Waals surface area (Å²) in [6.45, 7) is 6.28. The Bertz CT molecular complexity index is 685. The molecule has 1 fully saturated rings. The molecule has 2 heterocycles. The van der Waals surface area contributed by atoms with Gasteiger partial charge in [-0.15, -0.1) is 0 Å². The van der Waals surface area contributed by atoms with Crippen LogP contribution in [-0.2, 0) is 4.74 Å². The Morgan fingerprint density at radius 2 is 1.88 bits per heavy atom. The zero-order chi connectivity index (χ0) is 18.2. The van der Waals surface area contributed by atoms with E-state index < -0.39 is 0 Å². The highest BCUT2D eigenvalue weighted by Crippen LogP contribution is 2.24. The van der Waals surface area contributed by atoms with E-state index in [1.807, 2.05) is 19.1 Å². The second kappa shape index (κ2) is 9.31. The maximum absolute atomic E-state index is 12.4. The monoisotopic (exact) mass is 355 g/mol. The molecule has 0 bridgehead atoms. The third-order valence-corrected chi connectivity index (χ3v) is 4.46. The molecule has 3 rings (SSSR count). The van der Waals surface area contributed by atoms with Gasteiger partial charge in [0.15, 0.2) is 0 Å². The van der Waals surface area contributed by atoms with Gasteiger partial charge in [0.25, 0.3) is 5.91 Å². The number of aromatic nitrogens is 1. The number of morpholine rings is 1. The summed E-state index contributed by atoms with van der Waals surface area (Å²) in [7, 11) is 0. The van der Waals surface area contributed by atoms with Gasteiger partial charge >= 0.3 is 0 Å². The standard InChI is InChI=1S/C20H25N3O3/c1-2-26-18-5-3-16(4-6-18)19(23-11-13-25-14-12-23)15-22-20(24)17-7-9-21-10-8-17/h3-10,19H,2,11-15H2,1H3,(H,22,24). The number of benzene rings is 1. The number of hydrogen-bond donors (Lipinski definition) is 1. The zero-order valence-corrected chi connectivity index (χ0v) is 15.1. The number of hydrogen-bond acceptors (Lipinski definition) is 5. The highest BCUT2D eigenvalue weighted by atomic mass is 16.5. The normalized spacial score (nSPS) is 16.0. The van der Waals surface area contributed by atoms with Crippen LogP contribution in [-0.4, -0.2) is 55.2 Å². The van der Waals surface area contributed by atoms with E-state index in [0.29, 0.717) is 31.9 Å². The van der Waals surface area contributed by atoms with Crippen LogP contribution in [0.15, 0.2) is 48.8 Å². The van der Waals surface area contributed by atoms with Gasteiger partial charge in [-0.05, 0) is 36.8 Å². The lowest BCUT2D eigenvalue weighted by Crippen LogP contribution is -2.43. The van der Waals surface area contributed by atoms with E-state index >= 15 is 0 Å². The van der Waals surface area contributed by atoms with E-state index in [2.05, 4.69) is 27.3 Å². The van der Waals surface area contributed by atoms with E-state index in [0.717, 1.165) is 24.4 Å². The third-order valence-electron chi connectivity index (χ3n) is 4.46. The lowest BCUT2D eigenvalue weighted by Gasteiger charge is -2.35. The minimum atomic E-state index is -0.0865. The van der Waals surface area contributed by atoms with E-state index in [4.69, 9.17) is 9.47 Å². The summed E-state index contributed by atoms with van der Waals surface area (Å²) in [6, 6.07) is 11.6. The second-order valence-corrected chi connectivity index (χ2v) is 6.11.